The zero-order valence-corrected chi connectivity index (χ0v) is 9.18. The molecule has 0 fully saturated rings. The first kappa shape index (κ1) is 35.2. The van der Waals surface area contributed by atoms with Crippen molar-refractivity contribution in [2.24, 2.45) is 0 Å². The van der Waals surface area contributed by atoms with Crippen LogP contribution in [-0.2, 0) is 0 Å². The summed E-state index contributed by atoms with van der Waals surface area (Å²) in [6.07, 6.45) is 0. The van der Waals surface area contributed by atoms with Crippen molar-refractivity contribution in [3.63, 3.8) is 0 Å². The van der Waals surface area contributed by atoms with Crippen molar-refractivity contribution < 1.29 is 0 Å². The van der Waals surface area contributed by atoms with E-state index in [9.17, 15) is 0 Å². The quantitative estimate of drug-likeness (QED) is 0.349. The normalized spacial score (nSPS) is 0. The molecule has 1 unspecified atom stereocenters. The molecule has 0 aliphatic rings. The van der Waals surface area contributed by atoms with Gasteiger partial charge in [0, 0.05) is 55.1 Å². The molecule has 0 saturated carbocycles. The number of hydrogen-bond acceptors (Lipinski definition) is 0. The smallest absolute Gasteiger partial charge is 0 e. The van der Waals surface area contributed by atoms with E-state index in [2.05, 4.69) is 0 Å². The Kier molecular flexibility index (Phi) is 168. The monoisotopic (exact) mass is 205 g/mol. The maximum atomic E-state index is 0. The van der Waals surface area contributed by atoms with Crippen LogP contribution in [-0.4, -0.2) is 55.1 Å². The second kappa shape index (κ2) is 19.2. The number of rotatable bonds is 0. The van der Waals surface area contributed by atoms with Crippen LogP contribution in [0.5, 0.6) is 0 Å². The van der Waals surface area contributed by atoms with Gasteiger partial charge in [-0.25, -0.2) is 0 Å². The minimum Gasteiger partial charge on any atom is -0.153 e. The van der Waals surface area contributed by atoms with E-state index in [1.165, 1.54) is 0 Å². The van der Waals surface area contributed by atoms with Crippen molar-refractivity contribution in [3.05, 3.63) is 0 Å². The fraction of sp³-hybridized carbons (Fsp3) is 0. The van der Waals surface area contributed by atoms with Gasteiger partial charge in [0.2, 0.25) is 0 Å². The predicted octanol–water partition coefficient (Wildman–Crippen LogP) is -1.08. The molecular weight excluding hydrogens is 203 g/mol. The molecule has 9 radical (unpaired) electrons. The summed E-state index contributed by atoms with van der Waals surface area (Å²) in [6.45, 7) is 0. The fourth-order valence-corrected chi connectivity index (χ4v) is 0. The first-order chi connectivity index (χ1) is 0. The first-order valence-corrected chi connectivity index (χ1v) is 0. The van der Waals surface area contributed by atoms with Crippen LogP contribution in [0.4, 0.5) is 0 Å². The van der Waals surface area contributed by atoms with Gasteiger partial charge >= 0.3 is 0 Å². The molecule has 0 saturated heterocycles. The molecule has 0 aliphatic carbocycles. The molecule has 0 aromatic rings. The summed E-state index contributed by atoms with van der Waals surface area (Å²) >= 11 is 0. The van der Waals surface area contributed by atoms with Crippen LogP contribution < -0.4 is 0 Å². The number of hydrogen-bond donors (Lipinski definition) is 0. The van der Waals surface area contributed by atoms with E-state index in [4.69, 9.17) is 0 Å². The van der Waals surface area contributed by atoms with E-state index in [0.717, 1.165) is 0 Å². The van der Waals surface area contributed by atoms with Crippen LogP contribution in [0.3, 0.4) is 0 Å². The molecule has 4 heteroatoms. The first-order valence-electron chi connectivity index (χ1n) is 0. The Morgan fingerprint density at radius 2 is 1.00 bits per heavy atom. The molecule has 0 amide bonds. The molecule has 0 aliphatic heterocycles. The van der Waals surface area contributed by atoms with Crippen LogP contribution >= 0.6 is 9.90 Å². The Hall–Kier alpha value is 2.16. The van der Waals surface area contributed by atoms with E-state index in [0.29, 0.717) is 0 Å². The Labute approximate surface area is 64.6 Å². The van der Waals surface area contributed by atoms with Gasteiger partial charge in [0.15, 0.2) is 0 Å². The van der Waals surface area contributed by atoms with Crippen molar-refractivity contribution in [1.29, 1.82) is 0 Å². The van der Waals surface area contributed by atoms with Gasteiger partial charge in [-0.05, 0) is 0 Å². The molecule has 0 nitrogen and oxygen atoms in total. The van der Waals surface area contributed by atoms with Crippen LogP contribution in [0.1, 0.15) is 0 Å². The van der Waals surface area contributed by atoms with Crippen molar-refractivity contribution in [1.82, 2.24) is 0 Å². The van der Waals surface area contributed by atoms with E-state index < -0.39 is 0 Å². The van der Waals surface area contributed by atoms with Crippen LogP contribution in [0.2, 0.25) is 0 Å². The van der Waals surface area contributed by atoms with E-state index in [1.54, 1.807) is 0 Å². The minimum absolute atomic E-state index is 0. The molecule has 19 valence electrons. The molecule has 0 heterocycles. The summed E-state index contributed by atoms with van der Waals surface area (Å²) < 4.78 is 0. The summed E-state index contributed by atoms with van der Waals surface area (Å²) in [5, 5.41) is 0. The van der Waals surface area contributed by atoms with Gasteiger partial charge in [-0.2, -0.15) is 9.90 Å². The molecule has 0 rings (SSSR count). The third-order valence-electron chi connectivity index (χ3n) is 0. The Balaban J connectivity index is 0. The van der Waals surface area contributed by atoms with Crippen molar-refractivity contribution in [3.8, 4) is 0 Å². The van der Waals surface area contributed by atoms with E-state index in [1.807, 2.05) is 0 Å². The zero-order valence-electron chi connectivity index (χ0n) is 2.31. The molecular formula is H3AlAsGaP. The second-order valence-corrected chi connectivity index (χ2v) is 0. The molecule has 0 bridgehead atoms. The zero-order chi connectivity index (χ0) is 0. The van der Waals surface area contributed by atoms with Gasteiger partial charge in [0.1, 0.15) is 0 Å². The maximum absolute atomic E-state index is 0. The summed E-state index contributed by atoms with van der Waals surface area (Å²) in [7, 11) is 0. The van der Waals surface area contributed by atoms with Gasteiger partial charge in [0.25, 0.3) is 0 Å². The molecule has 0 aromatic heterocycles. The minimum atomic E-state index is 0. The summed E-state index contributed by atoms with van der Waals surface area (Å²) in [5.41, 5.74) is 0. The van der Waals surface area contributed by atoms with E-state index >= 15 is 0 Å². The van der Waals surface area contributed by atoms with E-state index in [-0.39, 0.29) is 65.0 Å². The molecule has 4 heavy (non-hydrogen) atoms. The van der Waals surface area contributed by atoms with Gasteiger partial charge in [0.05, 0.1) is 0 Å². The Bertz CT molecular complexity index is 8.00. The predicted molar refractivity (Wildman–Crippen MR) is 28.4 cm³/mol. The van der Waals surface area contributed by atoms with Crippen molar-refractivity contribution in [2.75, 3.05) is 0 Å². The van der Waals surface area contributed by atoms with Crippen molar-refractivity contribution >= 4 is 65.0 Å². The molecule has 0 aromatic carbocycles. The second-order valence-electron chi connectivity index (χ2n) is 0. The SMILES string of the molecule is P.[Al].[As].[Ga]. The van der Waals surface area contributed by atoms with Crippen LogP contribution in [0.25, 0.3) is 0 Å². The Morgan fingerprint density at radius 3 is 1.00 bits per heavy atom. The van der Waals surface area contributed by atoms with Crippen molar-refractivity contribution in [2.45, 2.75) is 0 Å². The summed E-state index contributed by atoms with van der Waals surface area (Å²) in [4.78, 5) is 0. The summed E-state index contributed by atoms with van der Waals surface area (Å²) in [5.74, 6) is 0. The summed E-state index contributed by atoms with van der Waals surface area (Å²) in [6, 6.07) is 0. The molecule has 0 N–H and O–H groups in total. The topological polar surface area (TPSA) is 0 Å². The largest absolute Gasteiger partial charge is 0.153 e. The fourth-order valence-electron chi connectivity index (χ4n) is 0. The molecule has 0 spiro atoms. The maximum Gasteiger partial charge on any atom is 0 e. The third kappa shape index (κ3) is 8.90. The average Bonchev–Trinajstić information content (AvgIpc) is 0. The van der Waals surface area contributed by atoms with Crippen LogP contribution in [0, 0.1) is 0 Å². The van der Waals surface area contributed by atoms with Crippen LogP contribution in [0.15, 0.2) is 0 Å². The third-order valence-corrected chi connectivity index (χ3v) is 0. The average molecular weight is 206 g/mol. The van der Waals surface area contributed by atoms with Gasteiger partial charge < -0.3 is 0 Å². The Morgan fingerprint density at radius 1 is 1.00 bits per heavy atom. The van der Waals surface area contributed by atoms with Gasteiger partial charge in [-0.15, -0.1) is 0 Å². The van der Waals surface area contributed by atoms with Gasteiger partial charge in [-0.1, -0.05) is 0 Å². The molecule has 1 atom stereocenters. The van der Waals surface area contributed by atoms with Gasteiger partial charge in [-0.3, -0.25) is 0 Å². The standard InChI is InChI=1S/Al.As.Ga.H3P/h;;;1H3.